The minimum absolute atomic E-state index is 0.419. The third kappa shape index (κ3) is 1.86. The first-order valence-electron chi connectivity index (χ1n) is 2.30. The Kier molecular flexibility index (Phi) is 2.00. The van der Waals surface area contributed by atoms with Crippen LogP contribution in [0.2, 0.25) is 0 Å². The zero-order chi connectivity index (χ0) is 7.40. The second-order valence-electron chi connectivity index (χ2n) is 1.30. The highest BCUT2D eigenvalue weighted by Crippen LogP contribution is 2.04. The summed E-state index contributed by atoms with van der Waals surface area (Å²) >= 11 is 1.21. The lowest BCUT2D eigenvalue weighted by atomic mass is 11.2. The highest BCUT2D eigenvalue weighted by Gasteiger charge is 1.95. The van der Waals surface area contributed by atoms with E-state index in [4.69, 9.17) is 5.11 Å². The zero-order valence-electron chi connectivity index (χ0n) is 4.74. The highest BCUT2D eigenvalue weighted by atomic mass is 32.1. The second-order valence-corrected chi connectivity index (χ2v) is 2.13. The van der Waals surface area contributed by atoms with E-state index in [1.165, 1.54) is 16.8 Å². The number of nitrogens with one attached hydrogen (secondary N) is 2. The number of rotatable bonds is 2. The molecule has 1 aromatic heterocycles. The van der Waals surface area contributed by atoms with Crippen molar-refractivity contribution in [3.05, 3.63) is 5.51 Å². The van der Waals surface area contributed by atoms with E-state index in [0.717, 1.165) is 0 Å². The summed E-state index contributed by atoms with van der Waals surface area (Å²) in [5, 5.41) is 15.5. The summed E-state index contributed by atoms with van der Waals surface area (Å²) < 4.78 is 0. The minimum atomic E-state index is -1.16. The van der Waals surface area contributed by atoms with Crippen LogP contribution in [-0.4, -0.2) is 21.4 Å². The van der Waals surface area contributed by atoms with Crippen molar-refractivity contribution in [1.82, 2.24) is 15.6 Å². The molecule has 0 fully saturated rings. The van der Waals surface area contributed by atoms with Gasteiger partial charge in [-0.15, -0.1) is 10.2 Å². The molecule has 54 valence electrons. The van der Waals surface area contributed by atoms with Crippen molar-refractivity contribution in [2.45, 2.75) is 0 Å². The second kappa shape index (κ2) is 2.97. The van der Waals surface area contributed by atoms with Gasteiger partial charge in [0.15, 0.2) is 0 Å². The van der Waals surface area contributed by atoms with Crippen molar-refractivity contribution in [3.8, 4) is 0 Å². The first-order chi connectivity index (χ1) is 4.79. The van der Waals surface area contributed by atoms with E-state index in [-0.39, 0.29) is 0 Å². The molecule has 1 amide bonds. The van der Waals surface area contributed by atoms with E-state index in [9.17, 15) is 4.79 Å². The molecule has 0 aliphatic carbocycles. The standard InChI is InChI=1S/C3H4N4O2S/c8-3(9)7-6-2-5-4-1-10-2/h1,7H,(H,5,6)(H,8,9). The Bertz CT molecular complexity index is 210. The molecule has 0 saturated heterocycles. The van der Waals surface area contributed by atoms with Gasteiger partial charge in [0.05, 0.1) is 0 Å². The van der Waals surface area contributed by atoms with Gasteiger partial charge in [-0.2, -0.15) is 0 Å². The number of hydrogen-bond acceptors (Lipinski definition) is 5. The van der Waals surface area contributed by atoms with Crippen molar-refractivity contribution >= 4 is 22.6 Å². The summed E-state index contributed by atoms with van der Waals surface area (Å²) in [7, 11) is 0. The molecule has 10 heavy (non-hydrogen) atoms. The quantitative estimate of drug-likeness (QED) is 0.535. The number of amides is 1. The normalized spacial score (nSPS) is 8.80. The summed E-state index contributed by atoms with van der Waals surface area (Å²) in [6.07, 6.45) is -1.16. The van der Waals surface area contributed by atoms with Gasteiger partial charge in [-0.3, -0.25) is 5.43 Å². The number of carbonyl (C=O) groups is 1. The van der Waals surface area contributed by atoms with Crippen LogP contribution in [-0.2, 0) is 0 Å². The van der Waals surface area contributed by atoms with Gasteiger partial charge in [0.1, 0.15) is 5.51 Å². The van der Waals surface area contributed by atoms with Crippen LogP contribution < -0.4 is 10.9 Å². The Morgan fingerprint density at radius 3 is 3.10 bits per heavy atom. The molecular formula is C3H4N4O2S. The van der Waals surface area contributed by atoms with E-state index in [2.05, 4.69) is 15.6 Å². The SMILES string of the molecule is O=C(O)NNc1nncs1. The molecule has 0 radical (unpaired) electrons. The molecule has 1 rings (SSSR count). The van der Waals surface area contributed by atoms with E-state index in [1.807, 2.05) is 5.43 Å². The molecule has 3 N–H and O–H groups in total. The Balaban J connectivity index is 2.35. The topological polar surface area (TPSA) is 87.1 Å². The summed E-state index contributed by atoms with van der Waals surface area (Å²) in [4.78, 5) is 9.88. The molecule has 0 spiro atoms. The summed E-state index contributed by atoms with van der Waals surface area (Å²) in [5.41, 5.74) is 5.73. The minimum Gasteiger partial charge on any atom is -0.464 e. The fourth-order valence-corrected chi connectivity index (χ4v) is 0.733. The Hall–Kier alpha value is -1.37. The maximum absolute atomic E-state index is 9.88. The van der Waals surface area contributed by atoms with Crippen LogP contribution >= 0.6 is 11.3 Å². The fourth-order valence-electron chi connectivity index (χ4n) is 0.334. The van der Waals surface area contributed by atoms with Crippen LogP contribution in [0.5, 0.6) is 0 Å². The molecular weight excluding hydrogens is 156 g/mol. The van der Waals surface area contributed by atoms with Gasteiger partial charge in [-0.25, -0.2) is 10.2 Å². The van der Waals surface area contributed by atoms with Crippen LogP contribution in [0, 0.1) is 0 Å². The molecule has 0 aliphatic heterocycles. The number of hydrazine groups is 1. The molecule has 1 heterocycles. The number of carboxylic acid groups (broad SMARTS) is 1. The average molecular weight is 160 g/mol. The van der Waals surface area contributed by atoms with E-state index in [1.54, 1.807) is 0 Å². The average Bonchev–Trinajstić information content (AvgIpc) is 2.34. The van der Waals surface area contributed by atoms with Crippen molar-refractivity contribution in [3.63, 3.8) is 0 Å². The Labute approximate surface area is 59.9 Å². The molecule has 1 aromatic rings. The van der Waals surface area contributed by atoms with Crippen LogP contribution in [0.25, 0.3) is 0 Å². The molecule has 0 bridgehead atoms. The van der Waals surface area contributed by atoms with Gasteiger partial charge in [0, 0.05) is 0 Å². The zero-order valence-corrected chi connectivity index (χ0v) is 5.55. The lowest BCUT2D eigenvalue weighted by Gasteiger charge is -1.96. The summed E-state index contributed by atoms with van der Waals surface area (Å²) in [6, 6.07) is 0. The number of aromatic nitrogens is 2. The van der Waals surface area contributed by atoms with Gasteiger partial charge in [-0.1, -0.05) is 11.3 Å². The van der Waals surface area contributed by atoms with Gasteiger partial charge in [0.2, 0.25) is 5.13 Å². The Morgan fingerprint density at radius 1 is 1.80 bits per heavy atom. The van der Waals surface area contributed by atoms with E-state index in [0.29, 0.717) is 5.13 Å². The Morgan fingerprint density at radius 2 is 2.60 bits per heavy atom. The van der Waals surface area contributed by atoms with Gasteiger partial charge in [0.25, 0.3) is 0 Å². The lowest BCUT2D eigenvalue weighted by Crippen LogP contribution is -2.27. The predicted molar refractivity (Wildman–Crippen MR) is 34.7 cm³/mol. The van der Waals surface area contributed by atoms with Crippen molar-refractivity contribution in [2.24, 2.45) is 0 Å². The van der Waals surface area contributed by atoms with Crippen LogP contribution in [0.3, 0.4) is 0 Å². The van der Waals surface area contributed by atoms with Gasteiger partial charge in [-0.05, 0) is 0 Å². The molecule has 0 aliphatic rings. The highest BCUT2D eigenvalue weighted by molar-refractivity contribution is 7.13. The monoisotopic (exact) mass is 160 g/mol. The first-order valence-corrected chi connectivity index (χ1v) is 3.18. The number of hydrogen-bond donors (Lipinski definition) is 3. The van der Waals surface area contributed by atoms with Crippen LogP contribution in [0.15, 0.2) is 5.51 Å². The smallest absolute Gasteiger partial charge is 0.423 e. The molecule has 0 aromatic carbocycles. The molecule has 0 atom stereocenters. The van der Waals surface area contributed by atoms with E-state index >= 15 is 0 Å². The van der Waals surface area contributed by atoms with Gasteiger partial charge < -0.3 is 5.11 Å². The third-order valence-electron chi connectivity index (χ3n) is 0.636. The maximum atomic E-state index is 9.88. The van der Waals surface area contributed by atoms with Crippen molar-refractivity contribution in [1.29, 1.82) is 0 Å². The molecule has 7 heteroatoms. The molecule has 0 saturated carbocycles. The summed E-state index contributed by atoms with van der Waals surface area (Å²) in [6.45, 7) is 0. The van der Waals surface area contributed by atoms with E-state index < -0.39 is 6.09 Å². The van der Waals surface area contributed by atoms with Crippen LogP contribution in [0.1, 0.15) is 0 Å². The molecule has 0 unspecified atom stereocenters. The lowest BCUT2D eigenvalue weighted by molar-refractivity contribution is 0.197. The fraction of sp³-hybridized carbons (Fsp3) is 0. The van der Waals surface area contributed by atoms with Crippen molar-refractivity contribution in [2.75, 3.05) is 5.43 Å². The number of nitrogens with zero attached hydrogens (tertiary/aromatic N) is 2. The first kappa shape index (κ1) is 6.75. The largest absolute Gasteiger partial charge is 0.464 e. The van der Waals surface area contributed by atoms with Crippen LogP contribution in [0.4, 0.5) is 9.93 Å². The third-order valence-corrected chi connectivity index (χ3v) is 1.24. The van der Waals surface area contributed by atoms with Crippen molar-refractivity contribution < 1.29 is 9.90 Å². The number of anilines is 1. The summed E-state index contributed by atoms with van der Waals surface area (Å²) in [5.74, 6) is 0. The molecule has 6 nitrogen and oxygen atoms in total. The van der Waals surface area contributed by atoms with Gasteiger partial charge >= 0.3 is 6.09 Å². The maximum Gasteiger partial charge on any atom is 0.423 e. The predicted octanol–water partition coefficient (Wildman–Crippen LogP) is 0.133.